The monoisotopic (exact) mass is 420 g/mol. The molecule has 160 valence electrons. The number of nitro groups is 1. The first-order chi connectivity index (χ1) is 15.0. The van der Waals surface area contributed by atoms with Crippen LogP contribution in [0.25, 0.3) is 0 Å². The number of nitrogens with zero attached hydrogens (tertiary/aromatic N) is 5. The van der Waals surface area contributed by atoms with Gasteiger partial charge in [0, 0.05) is 18.3 Å². The van der Waals surface area contributed by atoms with Crippen LogP contribution in [0.4, 0.5) is 29.0 Å². The third-order valence-electron chi connectivity index (χ3n) is 5.57. The predicted molar refractivity (Wildman–Crippen MR) is 121 cm³/mol. The van der Waals surface area contributed by atoms with Crippen molar-refractivity contribution in [1.82, 2.24) is 9.97 Å². The number of benzene rings is 2. The van der Waals surface area contributed by atoms with Crippen molar-refractivity contribution in [2.75, 3.05) is 48.8 Å². The van der Waals surface area contributed by atoms with Gasteiger partial charge in [-0.25, -0.2) is 0 Å². The molecule has 9 heteroatoms. The molecule has 4 rings (SSSR count). The van der Waals surface area contributed by atoms with Crippen molar-refractivity contribution < 1.29 is 9.82 Å². The fourth-order valence-electron chi connectivity index (χ4n) is 3.86. The summed E-state index contributed by atoms with van der Waals surface area (Å²) in [6.45, 7) is 3.98. The Balaban J connectivity index is 1.57. The molecule has 0 bridgehead atoms. The Morgan fingerprint density at radius 1 is 1.06 bits per heavy atom. The van der Waals surface area contributed by atoms with Gasteiger partial charge >= 0.3 is 5.69 Å². The average Bonchev–Trinajstić information content (AvgIpc) is 2.79. The summed E-state index contributed by atoms with van der Waals surface area (Å²) in [5.74, 6) is 0.504. The summed E-state index contributed by atoms with van der Waals surface area (Å²) in [5.41, 5.74) is 7.96. The number of nitrogens with one attached hydrogen (secondary N) is 1. The highest BCUT2D eigenvalue weighted by Gasteiger charge is 2.31. The number of nitrogens with two attached hydrogens (primary N) is 1. The molecule has 0 amide bonds. The second kappa shape index (κ2) is 8.97. The van der Waals surface area contributed by atoms with E-state index in [2.05, 4.69) is 22.1 Å². The Bertz CT molecular complexity index is 1040. The topological polar surface area (TPSA) is 106 Å². The molecule has 0 unspecified atom stereocenters. The summed E-state index contributed by atoms with van der Waals surface area (Å²) in [6, 6.07) is 19.9. The highest BCUT2D eigenvalue weighted by molar-refractivity contribution is 5.72. The Morgan fingerprint density at radius 2 is 1.68 bits per heavy atom. The molecule has 2 aromatic carbocycles. The standard InChI is InChI=1S/C22H25N7O2/c1-26(18-10-6-3-7-11-18)22-24-20(23)19(29(30)31)21(25-22)28-14-12-27(13-15-28)16-17-8-4-2-5-9-17/h2-11H,12-16H2,1H3,(H2,23,24,25)/p+1. The molecule has 0 aliphatic carbocycles. The molecular formula is C22H26N7O2+. The van der Waals surface area contributed by atoms with Crippen LogP contribution in [0.5, 0.6) is 0 Å². The number of nitrogen functional groups attached to an aromatic ring is 1. The number of rotatable bonds is 6. The summed E-state index contributed by atoms with van der Waals surface area (Å²) >= 11 is 0. The molecule has 2 heterocycles. The zero-order valence-corrected chi connectivity index (χ0v) is 17.4. The number of quaternary nitrogens is 1. The fourth-order valence-corrected chi connectivity index (χ4v) is 3.86. The Hall–Kier alpha value is -3.72. The smallest absolute Gasteiger partial charge is 0.353 e. The molecular weight excluding hydrogens is 394 g/mol. The maximum atomic E-state index is 11.7. The second-order valence-corrected chi connectivity index (χ2v) is 7.63. The van der Waals surface area contributed by atoms with Crippen molar-refractivity contribution in [2.45, 2.75) is 6.54 Å². The van der Waals surface area contributed by atoms with Crippen LogP contribution >= 0.6 is 0 Å². The molecule has 1 saturated heterocycles. The second-order valence-electron chi connectivity index (χ2n) is 7.63. The van der Waals surface area contributed by atoms with Gasteiger partial charge in [-0.2, -0.15) is 9.97 Å². The van der Waals surface area contributed by atoms with Crippen molar-refractivity contribution in [3.63, 3.8) is 0 Å². The molecule has 9 nitrogen and oxygen atoms in total. The molecule has 3 aromatic rings. The van der Waals surface area contributed by atoms with Gasteiger partial charge < -0.3 is 20.4 Å². The summed E-state index contributed by atoms with van der Waals surface area (Å²) in [7, 11) is 1.82. The van der Waals surface area contributed by atoms with Crippen LogP contribution < -0.4 is 20.4 Å². The first-order valence-corrected chi connectivity index (χ1v) is 10.3. The maximum absolute atomic E-state index is 11.7. The molecule has 1 aliphatic rings. The molecule has 1 fully saturated rings. The highest BCUT2D eigenvalue weighted by Crippen LogP contribution is 2.34. The molecule has 0 spiro atoms. The summed E-state index contributed by atoms with van der Waals surface area (Å²) in [6.07, 6.45) is 0. The lowest BCUT2D eigenvalue weighted by Gasteiger charge is -2.33. The zero-order valence-electron chi connectivity index (χ0n) is 17.4. The summed E-state index contributed by atoms with van der Waals surface area (Å²) in [5, 5.41) is 11.7. The van der Waals surface area contributed by atoms with Crippen LogP contribution in [0, 0.1) is 10.1 Å². The molecule has 0 atom stereocenters. The van der Waals surface area contributed by atoms with E-state index in [1.54, 1.807) is 4.90 Å². The van der Waals surface area contributed by atoms with Crippen LogP contribution in [-0.4, -0.2) is 48.1 Å². The average molecular weight is 420 g/mol. The molecule has 3 N–H and O–H groups in total. The fraction of sp³-hybridized carbons (Fsp3) is 0.273. The van der Waals surface area contributed by atoms with Gasteiger partial charge in [-0.05, 0) is 12.1 Å². The third-order valence-corrected chi connectivity index (χ3v) is 5.57. The summed E-state index contributed by atoms with van der Waals surface area (Å²) in [4.78, 5) is 25.2. The number of hydrogen-bond acceptors (Lipinski definition) is 7. The maximum Gasteiger partial charge on any atom is 0.353 e. The number of piperazine rings is 1. The van der Waals surface area contributed by atoms with Crippen LogP contribution in [0.1, 0.15) is 5.56 Å². The number of para-hydroxylation sites is 1. The molecule has 0 radical (unpaired) electrons. The van der Waals surface area contributed by atoms with Gasteiger partial charge in [0.2, 0.25) is 17.6 Å². The Morgan fingerprint density at radius 3 is 2.29 bits per heavy atom. The van der Waals surface area contributed by atoms with Crippen molar-refractivity contribution in [3.05, 3.63) is 76.3 Å². The van der Waals surface area contributed by atoms with Gasteiger partial charge in [0.15, 0.2) is 0 Å². The van der Waals surface area contributed by atoms with Crippen LogP contribution in [0.3, 0.4) is 0 Å². The lowest BCUT2D eigenvalue weighted by Crippen LogP contribution is -3.13. The summed E-state index contributed by atoms with van der Waals surface area (Å²) < 4.78 is 0. The van der Waals surface area contributed by atoms with Crippen molar-refractivity contribution >= 4 is 29.0 Å². The van der Waals surface area contributed by atoms with Crippen LogP contribution in [-0.2, 0) is 6.54 Å². The number of anilines is 4. The van der Waals surface area contributed by atoms with E-state index in [0.29, 0.717) is 19.0 Å². The van der Waals surface area contributed by atoms with Gasteiger partial charge in [-0.1, -0.05) is 48.5 Å². The highest BCUT2D eigenvalue weighted by atomic mass is 16.6. The van der Waals surface area contributed by atoms with Crippen molar-refractivity contribution in [2.24, 2.45) is 0 Å². The quantitative estimate of drug-likeness (QED) is 0.461. The van der Waals surface area contributed by atoms with Gasteiger partial charge in [-0.3, -0.25) is 10.1 Å². The lowest BCUT2D eigenvalue weighted by molar-refractivity contribution is -0.914. The van der Waals surface area contributed by atoms with Gasteiger partial charge in [0.1, 0.15) is 6.54 Å². The first-order valence-electron chi connectivity index (χ1n) is 10.3. The van der Waals surface area contributed by atoms with Gasteiger partial charge in [-0.15, -0.1) is 0 Å². The minimum atomic E-state index is -0.486. The number of hydrogen-bond donors (Lipinski definition) is 2. The Kier molecular flexibility index (Phi) is 5.94. The largest absolute Gasteiger partial charge is 0.378 e. The van der Waals surface area contributed by atoms with E-state index in [1.165, 1.54) is 10.5 Å². The van der Waals surface area contributed by atoms with Crippen LogP contribution in [0.15, 0.2) is 60.7 Å². The normalized spacial score (nSPS) is 14.4. The van der Waals surface area contributed by atoms with Crippen molar-refractivity contribution in [3.8, 4) is 0 Å². The Labute approximate surface area is 180 Å². The number of aromatic nitrogens is 2. The van der Waals surface area contributed by atoms with E-state index in [0.717, 1.165) is 25.3 Å². The minimum absolute atomic E-state index is 0.119. The van der Waals surface area contributed by atoms with Gasteiger partial charge in [0.05, 0.1) is 31.1 Å². The lowest BCUT2D eigenvalue weighted by atomic mass is 10.2. The molecule has 1 aromatic heterocycles. The predicted octanol–water partition coefficient (Wildman–Crippen LogP) is 1.64. The van der Waals surface area contributed by atoms with E-state index < -0.39 is 4.92 Å². The van der Waals surface area contributed by atoms with E-state index >= 15 is 0 Å². The zero-order chi connectivity index (χ0) is 21.8. The first kappa shape index (κ1) is 20.5. The molecule has 1 aliphatic heterocycles. The van der Waals surface area contributed by atoms with Gasteiger partial charge in [0.25, 0.3) is 0 Å². The SMILES string of the molecule is CN(c1ccccc1)c1nc(N)c([N+](=O)[O-])c(N2CC[NH+](Cc3ccccc3)CC2)n1. The third kappa shape index (κ3) is 4.56. The van der Waals surface area contributed by atoms with E-state index in [-0.39, 0.29) is 17.3 Å². The van der Waals surface area contributed by atoms with E-state index in [9.17, 15) is 10.1 Å². The minimum Gasteiger partial charge on any atom is -0.378 e. The van der Waals surface area contributed by atoms with E-state index in [1.807, 2.05) is 60.5 Å². The van der Waals surface area contributed by atoms with Crippen LogP contribution in [0.2, 0.25) is 0 Å². The molecule has 0 saturated carbocycles. The van der Waals surface area contributed by atoms with Crippen molar-refractivity contribution in [1.29, 1.82) is 0 Å². The molecule has 31 heavy (non-hydrogen) atoms. The van der Waals surface area contributed by atoms with E-state index in [4.69, 9.17) is 5.73 Å².